The van der Waals surface area contributed by atoms with Crippen LogP contribution in [0.1, 0.15) is 43.2 Å². The first-order valence-electron chi connectivity index (χ1n) is 12.8. The van der Waals surface area contributed by atoms with E-state index in [9.17, 15) is 9.59 Å². The molecule has 4 rings (SSSR count). The van der Waals surface area contributed by atoms with Gasteiger partial charge in [-0.05, 0) is 44.0 Å². The third-order valence-corrected chi connectivity index (χ3v) is 6.67. The number of methoxy groups -OCH3 is 1. The highest BCUT2D eigenvalue weighted by molar-refractivity contribution is 7.14. The SMILES string of the molecule is C=C(ON=C(C(=O)OC)c1csc(NC(c2ccccc2)(c2ccccc2)c2ccccc2)n1)C(=O)OC(C)(C)C. The molecule has 210 valence electrons. The van der Waals surface area contributed by atoms with Crippen molar-refractivity contribution in [3.05, 3.63) is 131 Å². The van der Waals surface area contributed by atoms with Crippen molar-refractivity contribution in [1.29, 1.82) is 0 Å². The highest BCUT2D eigenvalue weighted by atomic mass is 32.1. The van der Waals surface area contributed by atoms with Gasteiger partial charge < -0.3 is 19.6 Å². The molecule has 0 aliphatic heterocycles. The summed E-state index contributed by atoms with van der Waals surface area (Å²) in [6.07, 6.45) is 0. The maximum atomic E-state index is 12.6. The Morgan fingerprint density at radius 3 is 1.76 bits per heavy atom. The summed E-state index contributed by atoms with van der Waals surface area (Å²) in [5, 5.41) is 9.68. The summed E-state index contributed by atoms with van der Waals surface area (Å²) in [5.74, 6) is -1.98. The monoisotopic (exact) mass is 569 g/mol. The van der Waals surface area contributed by atoms with Crippen LogP contribution in [0.4, 0.5) is 5.13 Å². The third kappa shape index (κ3) is 6.88. The van der Waals surface area contributed by atoms with Gasteiger partial charge in [0.05, 0.1) is 7.11 Å². The Balaban J connectivity index is 1.74. The highest BCUT2D eigenvalue weighted by Crippen LogP contribution is 2.40. The Kier molecular flexibility index (Phi) is 8.99. The summed E-state index contributed by atoms with van der Waals surface area (Å²) < 4.78 is 10.1. The molecule has 0 saturated heterocycles. The molecule has 0 spiro atoms. The minimum Gasteiger partial charge on any atom is -0.464 e. The van der Waals surface area contributed by atoms with Crippen molar-refractivity contribution < 1.29 is 23.9 Å². The van der Waals surface area contributed by atoms with Crippen molar-refractivity contribution in [3.8, 4) is 0 Å². The molecule has 0 amide bonds. The fraction of sp³-hybridized carbons (Fsp3) is 0.188. The molecule has 0 aliphatic rings. The maximum Gasteiger partial charge on any atom is 0.376 e. The first-order valence-corrected chi connectivity index (χ1v) is 13.7. The summed E-state index contributed by atoms with van der Waals surface area (Å²) in [6, 6.07) is 30.2. The van der Waals surface area contributed by atoms with Crippen molar-refractivity contribution in [2.45, 2.75) is 31.9 Å². The molecule has 1 N–H and O–H groups in total. The Hall–Kier alpha value is -4.76. The van der Waals surface area contributed by atoms with Gasteiger partial charge in [0, 0.05) is 5.38 Å². The molecule has 8 nitrogen and oxygen atoms in total. The molecule has 0 radical (unpaired) electrons. The van der Waals surface area contributed by atoms with E-state index in [1.54, 1.807) is 26.2 Å². The first-order chi connectivity index (χ1) is 19.6. The molecule has 0 unspecified atom stereocenters. The molecule has 9 heteroatoms. The van der Waals surface area contributed by atoms with E-state index in [1.165, 1.54) is 18.4 Å². The molecule has 3 aromatic carbocycles. The fourth-order valence-electron chi connectivity index (χ4n) is 4.14. The Bertz CT molecular complexity index is 1430. The molecule has 0 aliphatic carbocycles. The summed E-state index contributed by atoms with van der Waals surface area (Å²) in [4.78, 5) is 34.7. The van der Waals surface area contributed by atoms with E-state index in [0.29, 0.717) is 5.13 Å². The zero-order chi connectivity index (χ0) is 29.5. The molecule has 0 bridgehead atoms. The summed E-state index contributed by atoms with van der Waals surface area (Å²) in [6.45, 7) is 8.70. The van der Waals surface area contributed by atoms with Crippen LogP contribution in [-0.4, -0.2) is 35.3 Å². The maximum absolute atomic E-state index is 12.6. The van der Waals surface area contributed by atoms with Crippen LogP contribution in [0.3, 0.4) is 0 Å². The van der Waals surface area contributed by atoms with Crippen LogP contribution in [0.25, 0.3) is 0 Å². The van der Waals surface area contributed by atoms with Gasteiger partial charge in [-0.15, -0.1) is 11.3 Å². The van der Waals surface area contributed by atoms with E-state index in [2.05, 4.69) is 58.4 Å². The largest absolute Gasteiger partial charge is 0.464 e. The van der Waals surface area contributed by atoms with E-state index >= 15 is 0 Å². The Labute approximate surface area is 243 Å². The molecule has 0 atom stereocenters. The lowest BCUT2D eigenvalue weighted by Crippen LogP contribution is -2.38. The highest BCUT2D eigenvalue weighted by Gasteiger charge is 2.37. The number of ether oxygens (including phenoxy) is 2. The predicted molar refractivity (Wildman–Crippen MR) is 160 cm³/mol. The van der Waals surface area contributed by atoms with Crippen molar-refractivity contribution in [3.63, 3.8) is 0 Å². The van der Waals surface area contributed by atoms with Gasteiger partial charge >= 0.3 is 11.9 Å². The summed E-state index contributed by atoms with van der Waals surface area (Å²) in [5.41, 5.74) is 1.38. The second-order valence-electron chi connectivity index (χ2n) is 9.96. The number of aromatic nitrogens is 1. The van der Waals surface area contributed by atoms with Gasteiger partial charge in [0.15, 0.2) is 5.13 Å². The van der Waals surface area contributed by atoms with Gasteiger partial charge in [-0.3, -0.25) is 0 Å². The number of carbonyl (C=O) groups is 2. The Morgan fingerprint density at radius 2 is 1.32 bits per heavy atom. The first kappa shape index (κ1) is 29.2. The zero-order valence-electron chi connectivity index (χ0n) is 23.3. The smallest absolute Gasteiger partial charge is 0.376 e. The molecule has 0 fully saturated rings. The van der Waals surface area contributed by atoms with Gasteiger partial charge in [-0.25, -0.2) is 14.6 Å². The standard InChI is InChI=1S/C32H31N3O5S/c1-22(28(36)39-31(2,3)4)40-35-27(29(37)38-5)26-21-41-30(33-26)34-32(23-15-9-6-10-16-23,24-17-11-7-12-18-24)25-19-13-8-14-20-25/h6-21H,1H2,2-5H3,(H,33,34). The van der Waals surface area contributed by atoms with Gasteiger partial charge in [0.2, 0.25) is 11.5 Å². The van der Waals surface area contributed by atoms with E-state index in [0.717, 1.165) is 16.7 Å². The lowest BCUT2D eigenvalue weighted by Gasteiger charge is -2.36. The number of hydrogen-bond acceptors (Lipinski definition) is 9. The number of thiazole rings is 1. The number of rotatable bonds is 10. The quantitative estimate of drug-likeness (QED) is 0.0598. The number of carbonyl (C=O) groups excluding carboxylic acids is 2. The summed E-state index contributed by atoms with van der Waals surface area (Å²) in [7, 11) is 1.22. The second kappa shape index (κ2) is 12.6. The van der Waals surface area contributed by atoms with E-state index in [1.807, 2.05) is 54.6 Å². The number of esters is 2. The minimum atomic E-state index is -0.816. The van der Waals surface area contributed by atoms with Gasteiger partial charge in [-0.1, -0.05) is 96.2 Å². The molecular formula is C32H31N3O5S. The average Bonchev–Trinajstić information content (AvgIpc) is 3.44. The van der Waals surface area contributed by atoms with Crippen LogP contribution in [0.2, 0.25) is 0 Å². The third-order valence-electron chi connectivity index (χ3n) is 5.91. The molecule has 0 saturated carbocycles. The normalized spacial score (nSPS) is 11.9. The van der Waals surface area contributed by atoms with Crippen LogP contribution in [0, 0.1) is 0 Å². The molecular weight excluding hydrogens is 538 g/mol. The predicted octanol–water partition coefficient (Wildman–Crippen LogP) is 6.30. The van der Waals surface area contributed by atoms with Crippen LogP contribution in [0.5, 0.6) is 0 Å². The second-order valence-corrected chi connectivity index (χ2v) is 10.8. The lowest BCUT2D eigenvalue weighted by molar-refractivity contribution is -0.154. The Morgan fingerprint density at radius 1 is 0.829 bits per heavy atom. The van der Waals surface area contributed by atoms with E-state index in [4.69, 9.17) is 14.3 Å². The van der Waals surface area contributed by atoms with Crippen molar-refractivity contribution in [2.24, 2.45) is 5.16 Å². The van der Waals surface area contributed by atoms with Crippen LogP contribution in [0.15, 0.2) is 114 Å². The molecule has 4 aromatic rings. The zero-order valence-corrected chi connectivity index (χ0v) is 24.1. The average molecular weight is 570 g/mol. The van der Waals surface area contributed by atoms with Crippen molar-refractivity contribution >= 4 is 34.1 Å². The number of nitrogens with zero attached hydrogens (tertiary/aromatic N) is 2. The number of nitrogens with one attached hydrogen (secondary N) is 1. The van der Waals surface area contributed by atoms with E-state index < -0.39 is 23.1 Å². The number of anilines is 1. The minimum absolute atomic E-state index is 0.199. The van der Waals surface area contributed by atoms with Gasteiger partial charge in [0.25, 0.3) is 0 Å². The van der Waals surface area contributed by atoms with Gasteiger partial charge in [-0.2, -0.15) is 0 Å². The van der Waals surface area contributed by atoms with E-state index in [-0.39, 0.29) is 17.2 Å². The molecule has 1 heterocycles. The van der Waals surface area contributed by atoms with Crippen LogP contribution >= 0.6 is 11.3 Å². The van der Waals surface area contributed by atoms with Crippen LogP contribution in [-0.2, 0) is 29.4 Å². The number of oxime groups is 1. The van der Waals surface area contributed by atoms with Crippen molar-refractivity contribution in [2.75, 3.05) is 12.4 Å². The fourth-order valence-corrected chi connectivity index (χ4v) is 4.89. The molecule has 41 heavy (non-hydrogen) atoms. The number of benzene rings is 3. The summed E-state index contributed by atoms with van der Waals surface area (Å²) >= 11 is 1.28. The van der Waals surface area contributed by atoms with Crippen molar-refractivity contribution in [1.82, 2.24) is 4.98 Å². The topological polar surface area (TPSA) is 99.1 Å². The van der Waals surface area contributed by atoms with Crippen LogP contribution < -0.4 is 5.32 Å². The lowest BCUT2D eigenvalue weighted by atomic mass is 9.77. The van der Waals surface area contributed by atoms with Gasteiger partial charge in [0.1, 0.15) is 16.8 Å². The number of hydrogen-bond donors (Lipinski definition) is 1. The molecule has 1 aromatic heterocycles.